The molecule has 0 saturated carbocycles. The molecule has 92 valence electrons. The molecule has 0 atom stereocenters. The summed E-state index contributed by atoms with van der Waals surface area (Å²) in [6.07, 6.45) is 3.84. The zero-order valence-corrected chi connectivity index (χ0v) is 9.74. The van der Waals surface area contributed by atoms with E-state index >= 15 is 0 Å². The van der Waals surface area contributed by atoms with Crippen molar-refractivity contribution < 1.29 is 14.7 Å². The van der Waals surface area contributed by atoms with Crippen LogP contribution in [0.25, 0.3) is 0 Å². The van der Waals surface area contributed by atoms with Gasteiger partial charge in [0.05, 0.1) is 5.56 Å². The van der Waals surface area contributed by atoms with E-state index in [2.05, 4.69) is 0 Å². The standard InChI is InChI=1S/C14H13NO3/c16-13(7-6-11-4-2-1-3-5-11)15-9-8-12(10-15)14(17)18/h1-5,8-10H,6-7H2,(H,17,18). The van der Waals surface area contributed by atoms with Crippen molar-refractivity contribution in [2.45, 2.75) is 12.8 Å². The number of aromatic nitrogens is 1. The summed E-state index contributed by atoms with van der Waals surface area (Å²) in [5, 5.41) is 8.76. The summed E-state index contributed by atoms with van der Waals surface area (Å²) in [4.78, 5) is 22.5. The van der Waals surface area contributed by atoms with E-state index in [0.717, 1.165) is 5.56 Å². The zero-order chi connectivity index (χ0) is 13.0. The number of benzene rings is 1. The maximum Gasteiger partial charge on any atom is 0.337 e. The number of rotatable bonds is 4. The topological polar surface area (TPSA) is 59.3 Å². The Balaban J connectivity index is 1.97. The Hall–Kier alpha value is -2.36. The van der Waals surface area contributed by atoms with Crippen LogP contribution in [-0.2, 0) is 6.42 Å². The molecule has 1 heterocycles. The van der Waals surface area contributed by atoms with Gasteiger partial charge in [-0.25, -0.2) is 4.79 Å². The molecule has 0 aliphatic carbocycles. The Labute approximate surface area is 104 Å². The molecular weight excluding hydrogens is 230 g/mol. The lowest BCUT2D eigenvalue weighted by atomic mass is 10.1. The van der Waals surface area contributed by atoms with E-state index in [4.69, 9.17) is 5.11 Å². The molecular formula is C14H13NO3. The third kappa shape index (κ3) is 2.85. The van der Waals surface area contributed by atoms with E-state index in [-0.39, 0.29) is 11.5 Å². The second-order valence-electron chi connectivity index (χ2n) is 3.99. The number of carbonyl (C=O) groups is 2. The van der Waals surface area contributed by atoms with Gasteiger partial charge in [-0.3, -0.25) is 9.36 Å². The maximum absolute atomic E-state index is 11.8. The monoisotopic (exact) mass is 243 g/mol. The molecule has 0 aliphatic rings. The minimum absolute atomic E-state index is 0.105. The van der Waals surface area contributed by atoms with E-state index < -0.39 is 5.97 Å². The molecule has 2 aromatic rings. The summed E-state index contributed by atoms with van der Waals surface area (Å²) in [6.45, 7) is 0. The summed E-state index contributed by atoms with van der Waals surface area (Å²) in [5.41, 5.74) is 1.22. The molecule has 0 saturated heterocycles. The van der Waals surface area contributed by atoms with Gasteiger partial charge in [0.1, 0.15) is 0 Å². The maximum atomic E-state index is 11.8. The summed E-state index contributed by atoms with van der Waals surface area (Å²) in [6, 6.07) is 11.1. The van der Waals surface area contributed by atoms with Crippen LogP contribution in [-0.4, -0.2) is 21.6 Å². The first-order valence-electron chi connectivity index (χ1n) is 5.65. The van der Waals surface area contributed by atoms with Crippen molar-refractivity contribution in [1.29, 1.82) is 0 Å². The smallest absolute Gasteiger partial charge is 0.337 e. The third-order valence-electron chi connectivity index (χ3n) is 2.70. The number of carboxylic acids is 1. The van der Waals surface area contributed by atoms with Crippen LogP contribution in [0.5, 0.6) is 0 Å². The summed E-state index contributed by atoms with van der Waals surface area (Å²) < 4.78 is 1.33. The Morgan fingerprint density at radius 2 is 1.83 bits per heavy atom. The van der Waals surface area contributed by atoms with Gasteiger partial charge in [0.15, 0.2) is 0 Å². The highest BCUT2D eigenvalue weighted by molar-refractivity contribution is 5.89. The molecule has 2 rings (SSSR count). The summed E-state index contributed by atoms with van der Waals surface area (Å²) in [5.74, 6) is -1.13. The third-order valence-corrected chi connectivity index (χ3v) is 2.70. The van der Waals surface area contributed by atoms with Crippen LogP contribution in [0.2, 0.25) is 0 Å². The molecule has 1 aromatic carbocycles. The lowest BCUT2D eigenvalue weighted by Gasteiger charge is -2.02. The van der Waals surface area contributed by atoms with Crippen molar-refractivity contribution in [1.82, 2.24) is 4.57 Å². The Bertz CT molecular complexity index is 557. The Morgan fingerprint density at radius 3 is 2.44 bits per heavy atom. The molecule has 4 nitrogen and oxygen atoms in total. The molecule has 0 bridgehead atoms. The fourth-order valence-corrected chi connectivity index (χ4v) is 1.70. The van der Waals surface area contributed by atoms with E-state index in [1.54, 1.807) is 0 Å². The predicted molar refractivity (Wildman–Crippen MR) is 66.8 cm³/mol. The second kappa shape index (κ2) is 5.31. The van der Waals surface area contributed by atoms with E-state index in [0.29, 0.717) is 12.8 Å². The first-order chi connectivity index (χ1) is 8.66. The average molecular weight is 243 g/mol. The molecule has 4 heteroatoms. The van der Waals surface area contributed by atoms with Gasteiger partial charge in [0.25, 0.3) is 0 Å². The molecule has 0 fully saturated rings. The van der Waals surface area contributed by atoms with Gasteiger partial charge in [-0.15, -0.1) is 0 Å². The van der Waals surface area contributed by atoms with Gasteiger partial charge in [-0.1, -0.05) is 30.3 Å². The number of carbonyl (C=O) groups excluding carboxylic acids is 1. The quantitative estimate of drug-likeness (QED) is 0.897. The average Bonchev–Trinajstić information content (AvgIpc) is 2.87. The minimum atomic E-state index is -1.02. The highest BCUT2D eigenvalue weighted by atomic mass is 16.4. The van der Waals surface area contributed by atoms with Crippen LogP contribution < -0.4 is 0 Å². The predicted octanol–water partition coefficient (Wildman–Crippen LogP) is 2.46. The second-order valence-corrected chi connectivity index (χ2v) is 3.99. The van der Waals surface area contributed by atoms with Crippen molar-refractivity contribution >= 4 is 11.9 Å². The Morgan fingerprint density at radius 1 is 1.11 bits per heavy atom. The number of hydrogen-bond acceptors (Lipinski definition) is 2. The molecule has 18 heavy (non-hydrogen) atoms. The van der Waals surface area contributed by atoms with Crippen LogP contribution >= 0.6 is 0 Å². The normalized spacial score (nSPS) is 10.2. The molecule has 1 N–H and O–H groups in total. The fourth-order valence-electron chi connectivity index (χ4n) is 1.70. The van der Waals surface area contributed by atoms with Crippen molar-refractivity contribution in [3.05, 3.63) is 59.9 Å². The highest BCUT2D eigenvalue weighted by Crippen LogP contribution is 2.06. The minimum Gasteiger partial charge on any atom is -0.478 e. The van der Waals surface area contributed by atoms with Crippen molar-refractivity contribution in [2.24, 2.45) is 0 Å². The van der Waals surface area contributed by atoms with Crippen molar-refractivity contribution in [3.63, 3.8) is 0 Å². The van der Waals surface area contributed by atoms with Gasteiger partial charge in [0.2, 0.25) is 5.91 Å². The van der Waals surface area contributed by atoms with Gasteiger partial charge in [-0.2, -0.15) is 0 Å². The first kappa shape index (κ1) is 12.1. The lowest BCUT2D eigenvalue weighted by Crippen LogP contribution is -2.09. The van der Waals surface area contributed by atoms with Crippen LogP contribution in [0.1, 0.15) is 27.1 Å². The lowest BCUT2D eigenvalue weighted by molar-refractivity contribution is 0.0697. The Kier molecular flexibility index (Phi) is 3.57. The van der Waals surface area contributed by atoms with Crippen LogP contribution in [0.3, 0.4) is 0 Å². The number of hydrogen-bond donors (Lipinski definition) is 1. The number of nitrogens with zero attached hydrogens (tertiary/aromatic N) is 1. The van der Waals surface area contributed by atoms with Crippen molar-refractivity contribution in [3.8, 4) is 0 Å². The van der Waals surface area contributed by atoms with Crippen LogP contribution in [0, 0.1) is 0 Å². The summed E-state index contributed by atoms with van der Waals surface area (Å²) in [7, 11) is 0. The molecule has 0 unspecified atom stereocenters. The highest BCUT2D eigenvalue weighted by Gasteiger charge is 2.09. The van der Waals surface area contributed by atoms with Gasteiger partial charge in [-0.05, 0) is 18.1 Å². The van der Waals surface area contributed by atoms with E-state index in [9.17, 15) is 9.59 Å². The summed E-state index contributed by atoms with van der Waals surface area (Å²) >= 11 is 0. The molecule has 1 aromatic heterocycles. The molecule has 0 spiro atoms. The van der Waals surface area contributed by atoms with E-state index in [1.807, 2.05) is 30.3 Å². The number of aromatic carboxylic acids is 1. The van der Waals surface area contributed by atoms with Crippen LogP contribution in [0.4, 0.5) is 0 Å². The zero-order valence-electron chi connectivity index (χ0n) is 9.74. The van der Waals surface area contributed by atoms with E-state index in [1.165, 1.54) is 23.0 Å². The SMILES string of the molecule is O=C(O)c1ccn(C(=O)CCc2ccccc2)c1. The largest absolute Gasteiger partial charge is 0.478 e. The van der Waals surface area contributed by atoms with Gasteiger partial charge in [0, 0.05) is 18.8 Å². The van der Waals surface area contributed by atoms with Crippen LogP contribution in [0.15, 0.2) is 48.8 Å². The molecule has 0 radical (unpaired) electrons. The fraction of sp³-hybridized carbons (Fsp3) is 0.143. The molecule has 0 amide bonds. The number of aryl methyl sites for hydroxylation is 1. The molecule has 0 aliphatic heterocycles. The van der Waals surface area contributed by atoms with Gasteiger partial charge >= 0.3 is 5.97 Å². The van der Waals surface area contributed by atoms with Crippen molar-refractivity contribution in [2.75, 3.05) is 0 Å². The first-order valence-corrected chi connectivity index (χ1v) is 5.65. The van der Waals surface area contributed by atoms with Gasteiger partial charge < -0.3 is 5.11 Å². The number of carboxylic acid groups (broad SMARTS) is 1.